The van der Waals surface area contributed by atoms with Crippen LogP contribution in [0.3, 0.4) is 0 Å². The zero-order valence-corrected chi connectivity index (χ0v) is 10.8. The molecule has 0 saturated carbocycles. The summed E-state index contributed by atoms with van der Waals surface area (Å²) in [7, 11) is 0. The van der Waals surface area contributed by atoms with Crippen molar-refractivity contribution < 1.29 is 4.79 Å². The van der Waals surface area contributed by atoms with E-state index in [1.54, 1.807) is 6.20 Å². The van der Waals surface area contributed by atoms with Gasteiger partial charge in [-0.05, 0) is 19.9 Å². The molecule has 0 radical (unpaired) electrons. The van der Waals surface area contributed by atoms with Gasteiger partial charge in [0.2, 0.25) is 5.95 Å². The van der Waals surface area contributed by atoms with Gasteiger partial charge in [-0.25, -0.2) is 9.97 Å². The average Bonchev–Trinajstić information content (AvgIpc) is 2.39. The second-order valence-corrected chi connectivity index (χ2v) is 4.72. The largest absolute Gasteiger partial charge is 0.364 e. The highest BCUT2D eigenvalue weighted by Crippen LogP contribution is 2.12. The van der Waals surface area contributed by atoms with Crippen molar-refractivity contribution in [3.05, 3.63) is 18.0 Å². The third-order valence-electron chi connectivity index (χ3n) is 3.22. The number of rotatable bonds is 3. The predicted molar refractivity (Wildman–Crippen MR) is 69.5 cm³/mol. The van der Waals surface area contributed by atoms with Gasteiger partial charge in [-0.3, -0.25) is 9.69 Å². The molecule has 0 unspecified atom stereocenters. The van der Waals surface area contributed by atoms with Gasteiger partial charge in [0.15, 0.2) is 0 Å². The molecule has 1 aliphatic rings. The molecular formula is C12H19N5O. The maximum Gasteiger partial charge on any atom is 0.267 e. The lowest BCUT2D eigenvalue weighted by Crippen LogP contribution is -2.49. The molecule has 2 rings (SSSR count). The van der Waals surface area contributed by atoms with E-state index in [9.17, 15) is 4.79 Å². The first kappa shape index (κ1) is 12.8. The SMILES string of the molecule is CC(C)N1CCN(c2nccc(C(N)=O)n2)CC1. The Morgan fingerprint density at radius 1 is 1.33 bits per heavy atom. The smallest absolute Gasteiger partial charge is 0.267 e. The van der Waals surface area contributed by atoms with Crippen molar-refractivity contribution in [2.24, 2.45) is 5.73 Å². The van der Waals surface area contributed by atoms with E-state index in [2.05, 4.69) is 33.6 Å². The van der Waals surface area contributed by atoms with E-state index in [-0.39, 0.29) is 5.69 Å². The first-order chi connectivity index (χ1) is 8.58. The molecule has 0 bridgehead atoms. The minimum Gasteiger partial charge on any atom is -0.364 e. The summed E-state index contributed by atoms with van der Waals surface area (Å²) in [6.07, 6.45) is 1.58. The summed E-state index contributed by atoms with van der Waals surface area (Å²) in [6, 6.07) is 2.10. The van der Waals surface area contributed by atoms with Crippen molar-refractivity contribution in [3.8, 4) is 0 Å². The Morgan fingerprint density at radius 3 is 2.56 bits per heavy atom. The third-order valence-corrected chi connectivity index (χ3v) is 3.22. The lowest BCUT2D eigenvalue weighted by atomic mass is 10.2. The number of amides is 1. The number of hydrogen-bond acceptors (Lipinski definition) is 5. The number of aromatic nitrogens is 2. The van der Waals surface area contributed by atoms with Gasteiger partial charge in [0.05, 0.1) is 0 Å². The number of carbonyl (C=O) groups is 1. The number of nitrogens with two attached hydrogens (primary N) is 1. The molecule has 98 valence electrons. The van der Waals surface area contributed by atoms with Gasteiger partial charge >= 0.3 is 0 Å². The molecule has 6 nitrogen and oxygen atoms in total. The summed E-state index contributed by atoms with van der Waals surface area (Å²) in [5.41, 5.74) is 5.49. The summed E-state index contributed by atoms with van der Waals surface area (Å²) in [5, 5.41) is 0. The topological polar surface area (TPSA) is 75.3 Å². The summed E-state index contributed by atoms with van der Waals surface area (Å²) >= 11 is 0. The highest BCUT2D eigenvalue weighted by molar-refractivity contribution is 5.90. The van der Waals surface area contributed by atoms with Crippen molar-refractivity contribution in [3.63, 3.8) is 0 Å². The molecule has 0 spiro atoms. The highest BCUT2D eigenvalue weighted by Gasteiger charge is 2.20. The zero-order valence-electron chi connectivity index (χ0n) is 10.8. The first-order valence-corrected chi connectivity index (χ1v) is 6.20. The number of primary amides is 1. The standard InChI is InChI=1S/C12H19N5O/c1-9(2)16-5-7-17(8-6-16)12-14-4-3-10(15-12)11(13)18/h3-4,9H,5-8H2,1-2H3,(H2,13,18). The molecule has 2 N–H and O–H groups in total. The number of anilines is 1. The normalized spacial score (nSPS) is 17.2. The van der Waals surface area contributed by atoms with Crippen LogP contribution >= 0.6 is 0 Å². The monoisotopic (exact) mass is 249 g/mol. The van der Waals surface area contributed by atoms with Crippen LogP contribution in [0.4, 0.5) is 5.95 Å². The maximum absolute atomic E-state index is 11.1. The fourth-order valence-corrected chi connectivity index (χ4v) is 2.08. The molecule has 1 saturated heterocycles. The molecule has 0 aliphatic carbocycles. The quantitative estimate of drug-likeness (QED) is 0.822. The van der Waals surface area contributed by atoms with E-state index < -0.39 is 5.91 Å². The Labute approximate surface area is 107 Å². The minimum atomic E-state index is -0.514. The third kappa shape index (κ3) is 2.76. The minimum absolute atomic E-state index is 0.270. The van der Waals surface area contributed by atoms with Crippen LogP contribution in [0.1, 0.15) is 24.3 Å². The molecule has 18 heavy (non-hydrogen) atoms. The molecule has 1 amide bonds. The Morgan fingerprint density at radius 2 is 2.00 bits per heavy atom. The molecule has 0 atom stereocenters. The summed E-state index contributed by atoms with van der Waals surface area (Å²) in [4.78, 5) is 24.0. The molecule has 1 aromatic heterocycles. The summed E-state index contributed by atoms with van der Waals surface area (Å²) in [6.45, 7) is 8.12. The van der Waals surface area contributed by atoms with Crippen molar-refractivity contribution in [1.29, 1.82) is 0 Å². The van der Waals surface area contributed by atoms with Gasteiger partial charge in [-0.2, -0.15) is 0 Å². The van der Waals surface area contributed by atoms with Crippen molar-refractivity contribution in [2.45, 2.75) is 19.9 Å². The van der Waals surface area contributed by atoms with Gasteiger partial charge in [-0.15, -0.1) is 0 Å². The molecule has 1 fully saturated rings. The molecule has 0 aromatic carbocycles. The van der Waals surface area contributed by atoms with Gasteiger partial charge in [0, 0.05) is 38.4 Å². The molecule has 6 heteroatoms. The van der Waals surface area contributed by atoms with Crippen LogP contribution in [-0.4, -0.2) is 53.0 Å². The van der Waals surface area contributed by atoms with Crippen LogP contribution in [0.5, 0.6) is 0 Å². The van der Waals surface area contributed by atoms with Crippen LogP contribution in [0.25, 0.3) is 0 Å². The Hall–Kier alpha value is -1.69. The fourth-order valence-electron chi connectivity index (χ4n) is 2.08. The number of piperazine rings is 1. The zero-order chi connectivity index (χ0) is 13.1. The average molecular weight is 249 g/mol. The van der Waals surface area contributed by atoms with Crippen LogP contribution in [-0.2, 0) is 0 Å². The second-order valence-electron chi connectivity index (χ2n) is 4.72. The fraction of sp³-hybridized carbons (Fsp3) is 0.583. The van der Waals surface area contributed by atoms with Crippen LogP contribution in [0.2, 0.25) is 0 Å². The van der Waals surface area contributed by atoms with E-state index >= 15 is 0 Å². The van der Waals surface area contributed by atoms with Gasteiger partial charge in [0.25, 0.3) is 5.91 Å². The predicted octanol–water partition coefficient (Wildman–Crippen LogP) is 0.106. The van der Waals surface area contributed by atoms with E-state index in [0.29, 0.717) is 12.0 Å². The number of hydrogen-bond donors (Lipinski definition) is 1. The molecule has 2 heterocycles. The van der Waals surface area contributed by atoms with E-state index in [0.717, 1.165) is 26.2 Å². The van der Waals surface area contributed by atoms with Crippen LogP contribution in [0.15, 0.2) is 12.3 Å². The maximum atomic E-state index is 11.1. The molecule has 1 aromatic rings. The van der Waals surface area contributed by atoms with Crippen molar-refractivity contribution >= 4 is 11.9 Å². The van der Waals surface area contributed by atoms with Gasteiger partial charge in [-0.1, -0.05) is 0 Å². The second kappa shape index (κ2) is 5.30. The van der Waals surface area contributed by atoms with Crippen molar-refractivity contribution in [2.75, 3.05) is 31.1 Å². The van der Waals surface area contributed by atoms with Gasteiger partial charge in [0.1, 0.15) is 5.69 Å². The van der Waals surface area contributed by atoms with E-state index in [1.165, 1.54) is 6.07 Å². The number of carbonyl (C=O) groups excluding carboxylic acids is 1. The molecular weight excluding hydrogens is 230 g/mol. The number of nitrogens with zero attached hydrogens (tertiary/aromatic N) is 4. The van der Waals surface area contributed by atoms with Gasteiger partial charge < -0.3 is 10.6 Å². The summed E-state index contributed by atoms with van der Waals surface area (Å²) in [5.74, 6) is 0.0779. The Kier molecular flexibility index (Phi) is 3.76. The van der Waals surface area contributed by atoms with E-state index in [4.69, 9.17) is 5.73 Å². The molecule has 1 aliphatic heterocycles. The highest BCUT2D eigenvalue weighted by atomic mass is 16.1. The van der Waals surface area contributed by atoms with E-state index in [1.807, 2.05) is 0 Å². The Balaban J connectivity index is 2.05. The first-order valence-electron chi connectivity index (χ1n) is 6.20. The lowest BCUT2D eigenvalue weighted by Gasteiger charge is -2.36. The van der Waals surface area contributed by atoms with Crippen molar-refractivity contribution in [1.82, 2.24) is 14.9 Å². The Bertz CT molecular complexity index is 426. The lowest BCUT2D eigenvalue weighted by molar-refractivity contribution is 0.0995. The summed E-state index contributed by atoms with van der Waals surface area (Å²) < 4.78 is 0. The van der Waals surface area contributed by atoms with Crippen LogP contribution in [0, 0.1) is 0 Å². The van der Waals surface area contributed by atoms with Crippen LogP contribution < -0.4 is 10.6 Å².